The van der Waals surface area contributed by atoms with E-state index in [2.05, 4.69) is 21.5 Å². The molecule has 174 valence electrons. The molecule has 2 heterocycles. The first kappa shape index (κ1) is 23.0. The summed E-state index contributed by atoms with van der Waals surface area (Å²) in [6, 6.07) is 14.2. The number of para-hydroxylation sites is 2. The van der Waals surface area contributed by atoms with Crippen LogP contribution in [0.2, 0.25) is 0 Å². The Balaban J connectivity index is 1.53. The third-order valence-corrected chi connectivity index (χ3v) is 5.79. The predicted molar refractivity (Wildman–Crippen MR) is 131 cm³/mol. The first-order valence-electron chi connectivity index (χ1n) is 11.1. The first-order chi connectivity index (χ1) is 16.5. The number of hydrogen-bond donors (Lipinski definition) is 2. The van der Waals surface area contributed by atoms with E-state index >= 15 is 0 Å². The molecule has 1 aliphatic heterocycles. The number of ketones is 1. The van der Waals surface area contributed by atoms with E-state index in [1.807, 2.05) is 24.3 Å². The Bertz CT molecular complexity index is 1240. The van der Waals surface area contributed by atoms with Crippen molar-refractivity contribution in [2.45, 2.75) is 19.8 Å². The fraction of sp³-hybridized carbons (Fsp3) is 0.231. The molecule has 4 rings (SSSR count). The summed E-state index contributed by atoms with van der Waals surface area (Å²) < 4.78 is 5.99. The quantitative estimate of drug-likeness (QED) is 0.318. The molecule has 1 aromatic heterocycles. The molecule has 1 aliphatic rings. The van der Waals surface area contributed by atoms with Gasteiger partial charge in [0.2, 0.25) is 17.6 Å². The number of benzene rings is 2. The van der Waals surface area contributed by atoms with Crippen molar-refractivity contribution in [1.29, 1.82) is 0 Å². The van der Waals surface area contributed by atoms with Gasteiger partial charge in [0.1, 0.15) is 5.75 Å². The van der Waals surface area contributed by atoms with Crippen LogP contribution in [0.1, 0.15) is 35.9 Å². The molecule has 34 heavy (non-hydrogen) atoms. The maximum absolute atomic E-state index is 12.9. The second kappa shape index (κ2) is 10.2. The van der Waals surface area contributed by atoms with E-state index in [-0.39, 0.29) is 29.3 Å². The van der Waals surface area contributed by atoms with E-state index in [0.29, 0.717) is 23.6 Å². The van der Waals surface area contributed by atoms with Crippen molar-refractivity contribution in [3.63, 3.8) is 0 Å². The number of nitrogens with one attached hydrogen (secondary N) is 1. The number of aromatic amines is 1. The number of carbonyl (C=O) groups is 2. The summed E-state index contributed by atoms with van der Waals surface area (Å²) in [6.07, 6.45) is 4.75. The Morgan fingerprint density at radius 2 is 2.00 bits per heavy atom. The summed E-state index contributed by atoms with van der Waals surface area (Å²) >= 11 is 0. The van der Waals surface area contributed by atoms with Crippen LogP contribution in [0.5, 0.6) is 5.75 Å². The number of aliphatic imine (C=N–C) groups is 1. The highest BCUT2D eigenvalue weighted by atomic mass is 16.5. The summed E-state index contributed by atoms with van der Waals surface area (Å²) in [5, 5.41) is 0. The van der Waals surface area contributed by atoms with Crippen molar-refractivity contribution in [3.05, 3.63) is 84.2 Å². The predicted octanol–water partition coefficient (Wildman–Crippen LogP) is 3.82. The number of carbonyl (C=O) groups excluding carboxylic acids is 2. The fourth-order valence-corrected chi connectivity index (χ4v) is 3.95. The standard InChI is InChI=1S/C26H27N5O3/c1-3-14-28-26(23(27)19-7-6-15-31(16-19)17(2)32)34-20-12-10-18(11-13-20)24(33)25-29-21-8-4-5-9-22(21)30-25/h3-5,8-14,19H,1,6-7,15-16,27H2,2H3,(H,29,30)/b26-23+,28-14-/t19-/m1/s1. The lowest BCUT2D eigenvalue weighted by Gasteiger charge is -2.32. The molecule has 8 nitrogen and oxygen atoms in total. The van der Waals surface area contributed by atoms with Gasteiger partial charge in [-0.3, -0.25) is 9.59 Å². The summed E-state index contributed by atoms with van der Waals surface area (Å²) in [6.45, 7) is 6.47. The SMILES string of the molecule is C=C/C=N\C(Oc1ccc(C(=O)c2nc3ccccc3[nH]2)cc1)=C(/N)[C@@H]1CCCN(C(C)=O)C1. The van der Waals surface area contributed by atoms with Crippen LogP contribution in [0.4, 0.5) is 0 Å². The number of likely N-dealkylation sites (tertiary alicyclic amines) is 1. The highest BCUT2D eigenvalue weighted by Gasteiger charge is 2.26. The lowest BCUT2D eigenvalue weighted by Crippen LogP contribution is -2.40. The number of allylic oxidation sites excluding steroid dienone is 1. The van der Waals surface area contributed by atoms with Gasteiger partial charge in [0.15, 0.2) is 5.82 Å². The zero-order valence-corrected chi connectivity index (χ0v) is 19.0. The monoisotopic (exact) mass is 457 g/mol. The van der Waals surface area contributed by atoms with E-state index in [1.54, 1.807) is 36.1 Å². The smallest absolute Gasteiger partial charge is 0.238 e. The molecule has 1 amide bonds. The maximum Gasteiger partial charge on any atom is 0.238 e. The minimum atomic E-state index is -0.214. The molecule has 0 spiro atoms. The second-order valence-corrected chi connectivity index (χ2v) is 8.14. The van der Waals surface area contributed by atoms with Crippen molar-refractivity contribution < 1.29 is 14.3 Å². The van der Waals surface area contributed by atoms with Crippen LogP contribution in [0.25, 0.3) is 11.0 Å². The van der Waals surface area contributed by atoms with Crippen molar-refractivity contribution in [2.75, 3.05) is 13.1 Å². The molecule has 2 aromatic carbocycles. The Morgan fingerprint density at radius 3 is 2.71 bits per heavy atom. The number of hydrogen-bond acceptors (Lipinski definition) is 6. The first-order valence-corrected chi connectivity index (χ1v) is 11.1. The highest BCUT2D eigenvalue weighted by Crippen LogP contribution is 2.26. The minimum absolute atomic E-state index is 0.0271. The second-order valence-electron chi connectivity index (χ2n) is 8.14. The lowest BCUT2D eigenvalue weighted by molar-refractivity contribution is -0.130. The number of H-pyrrole nitrogens is 1. The van der Waals surface area contributed by atoms with Crippen LogP contribution < -0.4 is 10.5 Å². The van der Waals surface area contributed by atoms with Crippen molar-refractivity contribution in [1.82, 2.24) is 14.9 Å². The van der Waals surface area contributed by atoms with Gasteiger partial charge in [0, 0.05) is 37.7 Å². The van der Waals surface area contributed by atoms with Gasteiger partial charge in [-0.1, -0.05) is 24.8 Å². The summed E-state index contributed by atoms with van der Waals surface area (Å²) in [7, 11) is 0. The molecule has 0 unspecified atom stereocenters. The number of imidazole rings is 1. The maximum atomic E-state index is 12.9. The molecule has 0 aliphatic carbocycles. The molecule has 1 atom stereocenters. The molecule has 8 heteroatoms. The number of rotatable bonds is 7. The van der Waals surface area contributed by atoms with Gasteiger partial charge < -0.3 is 20.4 Å². The normalized spacial score (nSPS) is 17.0. The topological polar surface area (TPSA) is 114 Å². The molecule has 1 saturated heterocycles. The fourth-order valence-electron chi connectivity index (χ4n) is 3.95. The third-order valence-electron chi connectivity index (χ3n) is 5.79. The number of aromatic nitrogens is 2. The number of nitrogens with zero attached hydrogens (tertiary/aromatic N) is 3. The number of ether oxygens (including phenoxy) is 1. The molecule has 0 bridgehead atoms. The van der Waals surface area contributed by atoms with E-state index in [1.165, 1.54) is 12.3 Å². The van der Waals surface area contributed by atoms with Crippen molar-refractivity contribution in [2.24, 2.45) is 16.6 Å². The molecule has 3 N–H and O–H groups in total. The van der Waals surface area contributed by atoms with Gasteiger partial charge >= 0.3 is 0 Å². The van der Waals surface area contributed by atoms with Gasteiger partial charge in [-0.05, 0) is 49.2 Å². The van der Waals surface area contributed by atoms with Gasteiger partial charge in [0.25, 0.3) is 0 Å². The summed E-state index contributed by atoms with van der Waals surface area (Å²) in [5.41, 5.74) is 8.94. The molecular weight excluding hydrogens is 430 g/mol. The average molecular weight is 458 g/mol. The largest absolute Gasteiger partial charge is 0.437 e. The average Bonchev–Trinajstić information content (AvgIpc) is 3.30. The highest BCUT2D eigenvalue weighted by molar-refractivity contribution is 6.08. The zero-order chi connectivity index (χ0) is 24.1. The van der Waals surface area contributed by atoms with E-state index in [4.69, 9.17) is 10.5 Å². The molecule has 3 aromatic rings. The summed E-state index contributed by atoms with van der Waals surface area (Å²) in [5.74, 6) is 0.783. The Hall–Kier alpha value is -4.20. The van der Waals surface area contributed by atoms with Gasteiger partial charge in [-0.25, -0.2) is 9.98 Å². The Morgan fingerprint density at radius 1 is 1.24 bits per heavy atom. The molecular formula is C26H27N5O3. The minimum Gasteiger partial charge on any atom is -0.437 e. The van der Waals surface area contributed by atoms with E-state index in [0.717, 1.165) is 30.4 Å². The number of amides is 1. The molecule has 0 saturated carbocycles. The number of fused-ring (bicyclic) bond motifs is 1. The van der Waals surface area contributed by atoms with Crippen LogP contribution in [0.3, 0.4) is 0 Å². The van der Waals surface area contributed by atoms with Crippen LogP contribution >= 0.6 is 0 Å². The van der Waals surface area contributed by atoms with E-state index in [9.17, 15) is 9.59 Å². The van der Waals surface area contributed by atoms with Gasteiger partial charge in [-0.2, -0.15) is 0 Å². The Kier molecular flexibility index (Phi) is 6.87. The van der Waals surface area contributed by atoms with E-state index < -0.39 is 0 Å². The summed E-state index contributed by atoms with van der Waals surface area (Å²) in [4.78, 5) is 38.2. The van der Waals surface area contributed by atoms with Crippen molar-refractivity contribution in [3.8, 4) is 5.75 Å². The zero-order valence-electron chi connectivity index (χ0n) is 19.0. The van der Waals surface area contributed by atoms with Crippen molar-refractivity contribution >= 4 is 28.9 Å². The van der Waals surface area contributed by atoms with Crippen LogP contribution in [0.15, 0.2) is 77.8 Å². The third kappa shape index (κ3) is 5.06. The number of piperidine rings is 1. The van der Waals surface area contributed by atoms with Crippen LogP contribution in [-0.4, -0.2) is 45.9 Å². The molecule has 0 radical (unpaired) electrons. The number of nitrogens with two attached hydrogens (primary N) is 1. The van der Waals surface area contributed by atoms with Crippen LogP contribution in [-0.2, 0) is 4.79 Å². The lowest BCUT2D eigenvalue weighted by atomic mass is 9.95. The van der Waals surface area contributed by atoms with Gasteiger partial charge in [0.05, 0.1) is 16.7 Å². The Labute approximate surface area is 197 Å². The molecule has 1 fully saturated rings. The van der Waals surface area contributed by atoms with Gasteiger partial charge in [-0.15, -0.1) is 0 Å². The van der Waals surface area contributed by atoms with Crippen LogP contribution in [0, 0.1) is 5.92 Å².